The smallest absolute Gasteiger partial charge is 0.251 e. The van der Waals surface area contributed by atoms with Gasteiger partial charge in [0.2, 0.25) is 0 Å². The van der Waals surface area contributed by atoms with Crippen LogP contribution in [0.25, 0.3) is 22.0 Å². The molecule has 1 aliphatic rings. The zero-order valence-corrected chi connectivity index (χ0v) is 20.3. The molecule has 1 atom stereocenters. The van der Waals surface area contributed by atoms with Gasteiger partial charge in [0.25, 0.3) is 5.56 Å². The molecule has 1 unspecified atom stereocenters. The zero-order valence-electron chi connectivity index (χ0n) is 18.7. The largest absolute Gasteiger partial charge is 0.373 e. The van der Waals surface area contributed by atoms with Gasteiger partial charge in [-0.25, -0.2) is 0 Å². The molecule has 6 nitrogen and oxygen atoms in total. The van der Waals surface area contributed by atoms with E-state index in [9.17, 15) is 9.90 Å². The summed E-state index contributed by atoms with van der Waals surface area (Å²) in [5.41, 5.74) is 3.17. The van der Waals surface area contributed by atoms with E-state index in [-0.39, 0.29) is 5.56 Å². The third-order valence-corrected chi connectivity index (χ3v) is 7.26. The maximum Gasteiger partial charge on any atom is 0.251 e. The SMILES string of the molecule is Cn1cnnc1C(O)(c1ccc(Cl)cc1)c1cc2c3c(c1)c(-c1ccc(Cl)cc1)cc(=O)n3CC2. The molecule has 0 fully saturated rings. The minimum Gasteiger partial charge on any atom is -0.373 e. The standard InChI is InChI=1S/C27H20Cl2N4O2/c1-32-15-30-31-26(32)27(35,18-4-8-21(29)9-5-18)19-12-17-10-11-33-24(34)14-22(23(13-19)25(17)33)16-2-6-20(28)7-3-16/h2-9,12-15,35H,10-11H2,1H3. The highest BCUT2D eigenvalue weighted by atomic mass is 35.5. The van der Waals surface area contributed by atoms with E-state index in [2.05, 4.69) is 10.2 Å². The first-order valence-corrected chi connectivity index (χ1v) is 11.9. The second-order valence-corrected chi connectivity index (χ2v) is 9.69. The van der Waals surface area contributed by atoms with Crippen molar-refractivity contribution < 1.29 is 5.11 Å². The summed E-state index contributed by atoms with van der Waals surface area (Å²) in [4.78, 5) is 13.0. The van der Waals surface area contributed by atoms with Gasteiger partial charge in [-0.15, -0.1) is 10.2 Å². The van der Waals surface area contributed by atoms with Crippen LogP contribution >= 0.6 is 23.2 Å². The summed E-state index contributed by atoms with van der Waals surface area (Å²) < 4.78 is 3.51. The summed E-state index contributed by atoms with van der Waals surface area (Å²) in [7, 11) is 1.80. The van der Waals surface area contributed by atoms with Gasteiger partial charge in [0.15, 0.2) is 11.4 Å². The fraction of sp³-hybridized carbons (Fsp3) is 0.148. The summed E-state index contributed by atoms with van der Waals surface area (Å²) in [6.45, 7) is 0.596. The van der Waals surface area contributed by atoms with Crippen LogP contribution in [0, 0.1) is 0 Å². The van der Waals surface area contributed by atoms with E-state index in [0.29, 0.717) is 40.0 Å². The van der Waals surface area contributed by atoms with Gasteiger partial charge in [0.05, 0.1) is 5.52 Å². The number of aryl methyl sites for hydroxylation is 3. The van der Waals surface area contributed by atoms with E-state index in [1.54, 1.807) is 52.8 Å². The Morgan fingerprint density at radius 3 is 2.29 bits per heavy atom. The van der Waals surface area contributed by atoms with Gasteiger partial charge < -0.3 is 14.2 Å². The predicted molar refractivity (Wildman–Crippen MR) is 137 cm³/mol. The first-order chi connectivity index (χ1) is 16.9. The molecular formula is C27H20Cl2N4O2. The molecule has 5 aromatic rings. The third kappa shape index (κ3) is 3.40. The van der Waals surface area contributed by atoms with Gasteiger partial charge >= 0.3 is 0 Å². The molecule has 174 valence electrons. The zero-order chi connectivity index (χ0) is 24.3. The molecule has 3 heterocycles. The van der Waals surface area contributed by atoms with Crippen LogP contribution in [0.3, 0.4) is 0 Å². The van der Waals surface area contributed by atoms with E-state index in [0.717, 1.165) is 27.6 Å². The summed E-state index contributed by atoms with van der Waals surface area (Å²) in [6, 6.07) is 20.1. The molecule has 2 aromatic heterocycles. The van der Waals surface area contributed by atoms with Crippen molar-refractivity contribution in [2.45, 2.75) is 18.6 Å². The quantitative estimate of drug-likeness (QED) is 0.377. The Bertz CT molecular complexity index is 1660. The van der Waals surface area contributed by atoms with Gasteiger partial charge in [-0.2, -0.15) is 0 Å². The van der Waals surface area contributed by atoms with Gasteiger partial charge in [-0.1, -0.05) is 47.5 Å². The van der Waals surface area contributed by atoms with Gasteiger partial charge in [0, 0.05) is 35.1 Å². The van der Waals surface area contributed by atoms with E-state index in [1.165, 1.54) is 0 Å². The average Bonchev–Trinajstić information content (AvgIpc) is 3.49. The maximum absolute atomic E-state index is 13.0. The van der Waals surface area contributed by atoms with Crippen LogP contribution in [0.2, 0.25) is 10.0 Å². The third-order valence-electron chi connectivity index (χ3n) is 6.76. The number of hydrogen-bond donors (Lipinski definition) is 1. The monoisotopic (exact) mass is 502 g/mol. The Morgan fingerprint density at radius 1 is 0.943 bits per heavy atom. The maximum atomic E-state index is 13.0. The Hall–Kier alpha value is -3.45. The van der Waals surface area contributed by atoms with Gasteiger partial charge in [-0.05, 0) is 70.6 Å². The fourth-order valence-electron chi connectivity index (χ4n) is 5.06. The number of nitrogens with zero attached hydrogens (tertiary/aromatic N) is 4. The first-order valence-electron chi connectivity index (χ1n) is 11.2. The van der Waals surface area contributed by atoms with Crippen LogP contribution in [0.15, 0.2) is 77.9 Å². The van der Waals surface area contributed by atoms with E-state index >= 15 is 0 Å². The van der Waals surface area contributed by atoms with Crippen molar-refractivity contribution >= 4 is 34.1 Å². The molecule has 0 radical (unpaired) electrons. The van der Waals surface area contributed by atoms with Crippen LogP contribution in [0.5, 0.6) is 0 Å². The predicted octanol–water partition coefficient (Wildman–Crippen LogP) is 4.94. The lowest BCUT2D eigenvalue weighted by Gasteiger charge is -2.29. The minimum atomic E-state index is -1.60. The molecule has 0 aliphatic carbocycles. The molecule has 35 heavy (non-hydrogen) atoms. The van der Waals surface area contributed by atoms with E-state index < -0.39 is 5.60 Å². The molecule has 0 saturated carbocycles. The highest BCUT2D eigenvalue weighted by Crippen LogP contribution is 2.41. The first kappa shape index (κ1) is 22.0. The van der Waals surface area contributed by atoms with Crippen molar-refractivity contribution in [3.8, 4) is 11.1 Å². The number of pyridine rings is 1. The molecule has 0 saturated heterocycles. The summed E-state index contributed by atoms with van der Waals surface area (Å²) in [6.07, 6.45) is 2.26. The number of aromatic nitrogens is 4. The van der Waals surface area contributed by atoms with Crippen molar-refractivity contribution in [3.05, 3.63) is 116 Å². The molecule has 3 aromatic carbocycles. The van der Waals surface area contributed by atoms with Crippen LogP contribution < -0.4 is 5.56 Å². The van der Waals surface area contributed by atoms with Gasteiger partial charge in [0.1, 0.15) is 6.33 Å². The normalized spacial score (nSPS) is 14.4. The lowest BCUT2D eigenvalue weighted by molar-refractivity contribution is 0.112. The molecule has 1 N–H and O–H groups in total. The van der Waals surface area contributed by atoms with Crippen molar-refractivity contribution in [1.82, 2.24) is 19.3 Å². The van der Waals surface area contributed by atoms with Crippen LogP contribution in [0.4, 0.5) is 0 Å². The second kappa shape index (κ2) is 8.05. The van der Waals surface area contributed by atoms with E-state index in [4.69, 9.17) is 23.2 Å². The Balaban J connectivity index is 1.69. The molecule has 8 heteroatoms. The highest BCUT2D eigenvalue weighted by Gasteiger charge is 2.39. The summed E-state index contributed by atoms with van der Waals surface area (Å²) in [5, 5.41) is 22.8. The molecule has 6 rings (SSSR count). The average molecular weight is 503 g/mol. The Labute approximate surface area is 211 Å². The van der Waals surface area contributed by atoms with E-state index in [1.807, 2.05) is 36.4 Å². The molecule has 0 amide bonds. The van der Waals surface area contributed by atoms with Crippen molar-refractivity contribution in [2.75, 3.05) is 0 Å². The van der Waals surface area contributed by atoms with Crippen molar-refractivity contribution in [2.24, 2.45) is 7.05 Å². The van der Waals surface area contributed by atoms with Crippen molar-refractivity contribution in [3.63, 3.8) is 0 Å². The van der Waals surface area contributed by atoms with Crippen LogP contribution in [-0.2, 0) is 25.6 Å². The summed E-state index contributed by atoms with van der Waals surface area (Å²) >= 11 is 12.3. The molecule has 0 spiro atoms. The minimum absolute atomic E-state index is 0.0461. The topological polar surface area (TPSA) is 72.9 Å². The number of benzene rings is 3. The Kier molecular flexibility index (Phi) is 5.07. The van der Waals surface area contributed by atoms with Crippen LogP contribution in [-0.4, -0.2) is 24.4 Å². The fourth-order valence-corrected chi connectivity index (χ4v) is 5.31. The number of aliphatic hydroxyl groups is 1. The lowest BCUT2D eigenvalue weighted by atomic mass is 9.83. The molecular weight excluding hydrogens is 483 g/mol. The summed E-state index contributed by atoms with van der Waals surface area (Å²) in [5.74, 6) is 0.380. The molecule has 0 bridgehead atoms. The van der Waals surface area contributed by atoms with Gasteiger partial charge in [-0.3, -0.25) is 4.79 Å². The Morgan fingerprint density at radius 2 is 1.63 bits per heavy atom. The number of halogens is 2. The second-order valence-electron chi connectivity index (χ2n) is 8.82. The number of rotatable bonds is 4. The van der Waals surface area contributed by atoms with Crippen molar-refractivity contribution in [1.29, 1.82) is 0 Å². The lowest BCUT2D eigenvalue weighted by Crippen LogP contribution is -2.32. The highest BCUT2D eigenvalue weighted by molar-refractivity contribution is 6.30. The molecule has 1 aliphatic heterocycles. The van der Waals surface area contributed by atoms with Crippen LogP contribution in [0.1, 0.15) is 22.5 Å². The number of hydrogen-bond acceptors (Lipinski definition) is 4.